The third-order valence-electron chi connectivity index (χ3n) is 7.32. The highest BCUT2D eigenvalue weighted by Crippen LogP contribution is 2.42. The van der Waals surface area contributed by atoms with Crippen molar-refractivity contribution in [3.63, 3.8) is 0 Å². The zero-order chi connectivity index (χ0) is 25.1. The lowest BCUT2D eigenvalue weighted by molar-refractivity contribution is 1.18. The minimum Gasteiger partial charge on any atom is -0.308 e. The van der Waals surface area contributed by atoms with E-state index in [2.05, 4.69) is 101 Å². The number of aromatic nitrogens is 3. The topological polar surface area (TPSA) is 30.7 Å². The molecule has 4 aromatic heterocycles. The summed E-state index contributed by atoms with van der Waals surface area (Å²) in [6.07, 6.45) is 3.79. The molecule has 0 radical (unpaired) electrons. The van der Waals surface area contributed by atoms with Crippen LogP contribution in [0.4, 0.5) is 0 Å². The first-order valence-corrected chi connectivity index (χ1v) is 13.5. The quantitative estimate of drug-likeness (QED) is 0.240. The van der Waals surface area contributed by atoms with Gasteiger partial charge < -0.3 is 4.57 Å². The molecule has 0 saturated carbocycles. The Labute approximate surface area is 223 Å². The van der Waals surface area contributed by atoms with Gasteiger partial charge in [0.2, 0.25) is 0 Å². The molecule has 0 aliphatic heterocycles. The van der Waals surface area contributed by atoms with Crippen molar-refractivity contribution < 1.29 is 0 Å². The molecule has 8 aromatic rings. The van der Waals surface area contributed by atoms with Crippen LogP contribution in [0.25, 0.3) is 70.2 Å². The number of nitrogens with zero attached hydrogens (tertiary/aromatic N) is 3. The van der Waals surface area contributed by atoms with Gasteiger partial charge in [-0.3, -0.25) is 9.97 Å². The Hall–Kier alpha value is -4.80. The van der Waals surface area contributed by atoms with E-state index in [-0.39, 0.29) is 0 Å². The van der Waals surface area contributed by atoms with Crippen LogP contribution in [0.1, 0.15) is 0 Å². The fraction of sp³-hybridized carbons (Fsp3) is 0. The van der Waals surface area contributed by atoms with Crippen LogP contribution in [0.5, 0.6) is 0 Å². The summed E-state index contributed by atoms with van der Waals surface area (Å²) in [6, 6.07) is 40.7. The first-order chi connectivity index (χ1) is 18.8. The molecule has 0 atom stereocenters. The normalized spacial score (nSPS) is 11.7. The molecule has 8 rings (SSSR count). The van der Waals surface area contributed by atoms with Gasteiger partial charge in [0.25, 0.3) is 0 Å². The number of thiophene rings is 1. The molecule has 38 heavy (non-hydrogen) atoms. The summed E-state index contributed by atoms with van der Waals surface area (Å²) in [6.45, 7) is 0. The third kappa shape index (κ3) is 3.21. The van der Waals surface area contributed by atoms with E-state index in [1.165, 1.54) is 36.6 Å². The average Bonchev–Trinajstić information content (AvgIpc) is 3.54. The average molecular weight is 504 g/mol. The Morgan fingerprint density at radius 2 is 1.39 bits per heavy atom. The molecule has 4 heteroatoms. The number of fused-ring (bicyclic) bond motifs is 7. The number of benzene rings is 4. The maximum absolute atomic E-state index is 4.86. The van der Waals surface area contributed by atoms with Gasteiger partial charge in [-0.2, -0.15) is 0 Å². The van der Waals surface area contributed by atoms with Crippen LogP contribution in [0.3, 0.4) is 0 Å². The minimum atomic E-state index is 0.980. The summed E-state index contributed by atoms with van der Waals surface area (Å²) in [5.41, 5.74) is 8.89. The van der Waals surface area contributed by atoms with E-state index < -0.39 is 0 Å². The van der Waals surface area contributed by atoms with Crippen molar-refractivity contribution in [2.24, 2.45) is 0 Å². The van der Waals surface area contributed by atoms with Crippen LogP contribution in [-0.2, 0) is 0 Å². The van der Waals surface area contributed by atoms with E-state index in [0.717, 1.165) is 33.5 Å². The summed E-state index contributed by atoms with van der Waals surface area (Å²) in [4.78, 5) is 9.45. The van der Waals surface area contributed by atoms with Gasteiger partial charge in [-0.15, -0.1) is 11.3 Å². The predicted octanol–water partition coefficient (Wildman–Crippen LogP) is 9.28. The van der Waals surface area contributed by atoms with Crippen LogP contribution in [0.2, 0.25) is 0 Å². The molecule has 0 unspecified atom stereocenters. The van der Waals surface area contributed by atoms with E-state index >= 15 is 0 Å². The molecule has 0 spiro atoms. The highest BCUT2D eigenvalue weighted by molar-refractivity contribution is 7.26. The van der Waals surface area contributed by atoms with E-state index in [1.54, 1.807) is 0 Å². The first kappa shape index (κ1) is 21.3. The first-order valence-electron chi connectivity index (χ1n) is 12.7. The van der Waals surface area contributed by atoms with Crippen molar-refractivity contribution in [2.75, 3.05) is 0 Å². The summed E-state index contributed by atoms with van der Waals surface area (Å²) in [7, 11) is 0. The Bertz CT molecular complexity index is 2120. The molecule has 0 saturated heterocycles. The molecular weight excluding hydrogens is 482 g/mol. The zero-order valence-electron chi connectivity index (χ0n) is 20.4. The third-order valence-corrected chi connectivity index (χ3v) is 8.52. The second kappa shape index (κ2) is 8.37. The van der Waals surface area contributed by atoms with Gasteiger partial charge in [0.15, 0.2) is 0 Å². The second-order valence-corrected chi connectivity index (χ2v) is 10.5. The minimum absolute atomic E-state index is 0.980. The van der Waals surface area contributed by atoms with Gasteiger partial charge in [0.1, 0.15) is 0 Å². The van der Waals surface area contributed by atoms with Crippen molar-refractivity contribution >= 4 is 53.4 Å². The van der Waals surface area contributed by atoms with Crippen LogP contribution in [0.15, 0.2) is 128 Å². The van der Waals surface area contributed by atoms with Crippen molar-refractivity contribution in [2.45, 2.75) is 0 Å². The van der Waals surface area contributed by atoms with Crippen LogP contribution >= 0.6 is 11.3 Å². The van der Waals surface area contributed by atoms with Crippen LogP contribution < -0.4 is 0 Å². The fourth-order valence-electron chi connectivity index (χ4n) is 5.55. The Balaban J connectivity index is 1.30. The van der Waals surface area contributed by atoms with Crippen LogP contribution in [-0.4, -0.2) is 14.5 Å². The number of rotatable bonds is 3. The van der Waals surface area contributed by atoms with Gasteiger partial charge in [-0.25, -0.2) is 0 Å². The summed E-state index contributed by atoms with van der Waals surface area (Å²) < 4.78 is 4.95. The van der Waals surface area contributed by atoms with Crippen molar-refractivity contribution in [3.05, 3.63) is 128 Å². The van der Waals surface area contributed by atoms with Crippen molar-refractivity contribution in [1.82, 2.24) is 14.5 Å². The Kier molecular flexibility index (Phi) is 4.69. The maximum atomic E-state index is 4.86. The SMILES string of the molecule is c1ccc(-c2cc(-c3ccc(-n4c5cccnc5c5c6sc7ccccc7c6ccc54)cc3)ccn2)cc1. The lowest BCUT2D eigenvalue weighted by atomic mass is 10.0. The second-order valence-electron chi connectivity index (χ2n) is 9.48. The summed E-state index contributed by atoms with van der Waals surface area (Å²) >= 11 is 1.85. The maximum Gasteiger partial charge on any atom is 0.0977 e. The van der Waals surface area contributed by atoms with Gasteiger partial charge in [0, 0.05) is 49.2 Å². The fourth-order valence-corrected chi connectivity index (χ4v) is 6.80. The predicted molar refractivity (Wildman–Crippen MR) is 160 cm³/mol. The van der Waals surface area contributed by atoms with Crippen molar-refractivity contribution in [3.8, 4) is 28.1 Å². The smallest absolute Gasteiger partial charge is 0.0977 e. The highest BCUT2D eigenvalue weighted by atomic mass is 32.1. The zero-order valence-corrected chi connectivity index (χ0v) is 21.2. The molecule has 4 aromatic carbocycles. The molecule has 0 N–H and O–H groups in total. The Morgan fingerprint density at radius 3 is 2.29 bits per heavy atom. The van der Waals surface area contributed by atoms with Gasteiger partial charge in [0.05, 0.1) is 22.2 Å². The molecule has 0 fully saturated rings. The lowest BCUT2D eigenvalue weighted by Crippen LogP contribution is -1.94. The van der Waals surface area contributed by atoms with E-state index in [1.807, 2.05) is 48.0 Å². The summed E-state index contributed by atoms with van der Waals surface area (Å²) in [5.74, 6) is 0. The van der Waals surface area contributed by atoms with Gasteiger partial charge >= 0.3 is 0 Å². The van der Waals surface area contributed by atoms with E-state index in [9.17, 15) is 0 Å². The Morgan fingerprint density at radius 1 is 0.553 bits per heavy atom. The standard InChI is InChI=1S/C34H21N3S/c1-2-7-23(8-3-1)28-21-24(18-20-35-28)22-12-14-25(15-13-22)37-29-17-16-27-26-9-4-5-11-31(26)38-34(27)32(29)33-30(37)10-6-19-36-33/h1-21H. The monoisotopic (exact) mass is 503 g/mol. The molecule has 0 aliphatic carbocycles. The molecule has 0 amide bonds. The lowest BCUT2D eigenvalue weighted by Gasteiger charge is -2.10. The summed E-state index contributed by atoms with van der Waals surface area (Å²) in [5, 5.41) is 3.83. The number of pyridine rings is 2. The van der Waals surface area contributed by atoms with E-state index in [0.29, 0.717) is 0 Å². The number of hydrogen-bond acceptors (Lipinski definition) is 3. The van der Waals surface area contributed by atoms with Crippen molar-refractivity contribution in [1.29, 1.82) is 0 Å². The molecule has 0 aliphatic rings. The van der Waals surface area contributed by atoms with Crippen LogP contribution in [0, 0.1) is 0 Å². The largest absolute Gasteiger partial charge is 0.308 e. The molecule has 4 heterocycles. The van der Waals surface area contributed by atoms with Gasteiger partial charge in [-0.1, -0.05) is 66.7 Å². The molecule has 178 valence electrons. The molecular formula is C34H21N3S. The molecule has 0 bridgehead atoms. The van der Waals surface area contributed by atoms with E-state index in [4.69, 9.17) is 4.98 Å². The number of hydrogen-bond donors (Lipinski definition) is 0. The highest BCUT2D eigenvalue weighted by Gasteiger charge is 2.18. The van der Waals surface area contributed by atoms with Gasteiger partial charge in [-0.05, 0) is 59.7 Å². The molecule has 3 nitrogen and oxygen atoms in total.